The lowest BCUT2D eigenvalue weighted by Crippen LogP contribution is -2.33. The molecule has 3 rings (SSSR count). The molecule has 2 aromatic heterocycles. The van der Waals surface area contributed by atoms with Gasteiger partial charge in [0.2, 0.25) is 11.8 Å². The van der Waals surface area contributed by atoms with Crippen LogP contribution in [0.2, 0.25) is 0 Å². The molecule has 0 aliphatic carbocycles. The van der Waals surface area contributed by atoms with Gasteiger partial charge in [-0.05, 0) is 17.7 Å². The fourth-order valence-electron chi connectivity index (χ4n) is 2.88. The van der Waals surface area contributed by atoms with Crippen LogP contribution in [0.5, 0.6) is 0 Å². The van der Waals surface area contributed by atoms with Crippen molar-refractivity contribution in [3.8, 4) is 0 Å². The number of hydrogen-bond donors (Lipinski definition) is 2. The van der Waals surface area contributed by atoms with E-state index >= 15 is 0 Å². The Labute approximate surface area is 152 Å². The third-order valence-corrected chi connectivity index (χ3v) is 4.09. The maximum atomic E-state index is 12.3. The fourth-order valence-corrected chi connectivity index (χ4v) is 2.88. The maximum Gasteiger partial charge on any atom is 0.222 e. The lowest BCUT2D eigenvalue weighted by Gasteiger charge is -2.18. The van der Waals surface area contributed by atoms with Gasteiger partial charge in [-0.1, -0.05) is 36.4 Å². The van der Waals surface area contributed by atoms with Crippen LogP contribution in [0.25, 0.3) is 5.65 Å². The van der Waals surface area contributed by atoms with Crippen LogP contribution in [0, 0.1) is 0 Å². The molecule has 0 bridgehead atoms. The summed E-state index contributed by atoms with van der Waals surface area (Å²) in [7, 11) is 0. The fraction of sp³-hybridized carbons (Fsp3) is 0.250. The van der Waals surface area contributed by atoms with Gasteiger partial charge in [0.15, 0.2) is 0 Å². The molecule has 0 saturated carbocycles. The summed E-state index contributed by atoms with van der Waals surface area (Å²) in [6.07, 6.45) is 4.77. The number of carbonyl (C=O) groups is 2. The minimum absolute atomic E-state index is 0.101. The minimum Gasteiger partial charge on any atom is -0.356 e. The van der Waals surface area contributed by atoms with Crippen molar-refractivity contribution in [1.82, 2.24) is 20.0 Å². The highest BCUT2D eigenvalue weighted by Crippen LogP contribution is 2.16. The van der Waals surface area contributed by atoms with Gasteiger partial charge in [0.1, 0.15) is 5.65 Å². The van der Waals surface area contributed by atoms with E-state index in [0.717, 1.165) is 16.9 Å². The number of benzene rings is 1. The topological polar surface area (TPSA) is 75.5 Å². The van der Waals surface area contributed by atoms with Crippen molar-refractivity contribution in [3.05, 3.63) is 72.2 Å². The second-order valence-corrected chi connectivity index (χ2v) is 6.17. The largest absolute Gasteiger partial charge is 0.356 e. The number of nitrogens with one attached hydrogen (secondary N) is 2. The molecule has 0 saturated heterocycles. The SMILES string of the molecule is CC(=O)NC(CC(=O)NCCc1cn2ccccc2n1)c1ccccc1. The van der Waals surface area contributed by atoms with Crippen LogP contribution < -0.4 is 10.6 Å². The highest BCUT2D eigenvalue weighted by molar-refractivity contribution is 5.79. The average Bonchev–Trinajstić information content (AvgIpc) is 3.04. The number of nitrogens with zero attached hydrogens (tertiary/aromatic N) is 2. The van der Waals surface area contributed by atoms with E-state index in [2.05, 4.69) is 15.6 Å². The number of carbonyl (C=O) groups excluding carboxylic acids is 2. The van der Waals surface area contributed by atoms with Crippen molar-refractivity contribution in [3.63, 3.8) is 0 Å². The van der Waals surface area contributed by atoms with Crippen LogP contribution in [-0.2, 0) is 16.0 Å². The van der Waals surface area contributed by atoms with E-state index in [1.54, 1.807) is 0 Å². The quantitative estimate of drug-likeness (QED) is 0.686. The Kier molecular flexibility index (Phi) is 5.63. The third-order valence-electron chi connectivity index (χ3n) is 4.09. The Balaban J connectivity index is 1.54. The Hall–Kier alpha value is -3.15. The summed E-state index contributed by atoms with van der Waals surface area (Å²) in [5.41, 5.74) is 2.74. The van der Waals surface area contributed by atoms with E-state index in [9.17, 15) is 9.59 Å². The zero-order chi connectivity index (χ0) is 18.4. The molecule has 0 fully saturated rings. The molecule has 1 aromatic carbocycles. The highest BCUT2D eigenvalue weighted by Gasteiger charge is 2.16. The first-order valence-corrected chi connectivity index (χ1v) is 8.63. The first-order chi connectivity index (χ1) is 12.6. The van der Waals surface area contributed by atoms with Crippen LogP contribution in [-0.4, -0.2) is 27.7 Å². The second kappa shape index (κ2) is 8.29. The molecule has 134 valence electrons. The Bertz CT molecular complexity index is 856. The third kappa shape index (κ3) is 4.69. The lowest BCUT2D eigenvalue weighted by atomic mass is 10.0. The number of amides is 2. The van der Waals surface area contributed by atoms with Gasteiger partial charge in [-0.3, -0.25) is 9.59 Å². The van der Waals surface area contributed by atoms with Gasteiger partial charge in [0, 0.05) is 32.3 Å². The molecule has 0 aliphatic rings. The predicted molar refractivity (Wildman–Crippen MR) is 99.5 cm³/mol. The summed E-state index contributed by atoms with van der Waals surface area (Å²) in [5.74, 6) is -0.257. The van der Waals surface area contributed by atoms with Gasteiger partial charge in [0.05, 0.1) is 18.2 Å². The van der Waals surface area contributed by atoms with Gasteiger partial charge in [-0.2, -0.15) is 0 Å². The zero-order valence-corrected chi connectivity index (χ0v) is 14.7. The molecule has 0 radical (unpaired) electrons. The Morgan fingerprint density at radius 3 is 2.62 bits per heavy atom. The standard InChI is InChI=1S/C20H22N4O2/c1-15(25)22-18(16-7-3-2-4-8-16)13-20(26)21-11-10-17-14-24-12-6-5-9-19(24)23-17/h2-9,12,14,18H,10-11,13H2,1H3,(H,21,26)(H,22,25). The molecule has 0 spiro atoms. The summed E-state index contributed by atoms with van der Waals surface area (Å²) in [4.78, 5) is 28.2. The van der Waals surface area contributed by atoms with Crippen LogP contribution in [0.1, 0.15) is 30.6 Å². The second-order valence-electron chi connectivity index (χ2n) is 6.17. The van der Waals surface area contributed by atoms with Gasteiger partial charge in [0.25, 0.3) is 0 Å². The van der Waals surface area contributed by atoms with Crippen molar-refractivity contribution in [2.24, 2.45) is 0 Å². The van der Waals surface area contributed by atoms with E-state index < -0.39 is 0 Å². The average molecular weight is 350 g/mol. The molecule has 26 heavy (non-hydrogen) atoms. The molecule has 1 unspecified atom stereocenters. The maximum absolute atomic E-state index is 12.3. The summed E-state index contributed by atoms with van der Waals surface area (Å²) < 4.78 is 1.96. The van der Waals surface area contributed by atoms with Crippen molar-refractivity contribution in [2.45, 2.75) is 25.8 Å². The van der Waals surface area contributed by atoms with Crippen LogP contribution in [0.15, 0.2) is 60.9 Å². The van der Waals surface area contributed by atoms with Crippen molar-refractivity contribution >= 4 is 17.5 Å². The van der Waals surface area contributed by atoms with Crippen LogP contribution >= 0.6 is 0 Å². The van der Waals surface area contributed by atoms with Crippen LogP contribution in [0.4, 0.5) is 0 Å². The van der Waals surface area contributed by atoms with E-state index in [0.29, 0.717) is 13.0 Å². The van der Waals surface area contributed by atoms with Crippen molar-refractivity contribution in [2.75, 3.05) is 6.54 Å². The number of hydrogen-bond acceptors (Lipinski definition) is 3. The van der Waals surface area contributed by atoms with E-state index in [4.69, 9.17) is 0 Å². The first kappa shape index (κ1) is 17.7. The minimum atomic E-state index is -0.330. The number of fused-ring (bicyclic) bond motifs is 1. The summed E-state index contributed by atoms with van der Waals surface area (Å²) >= 11 is 0. The molecule has 0 aliphatic heterocycles. The number of rotatable bonds is 7. The highest BCUT2D eigenvalue weighted by atomic mass is 16.2. The lowest BCUT2D eigenvalue weighted by molar-refractivity contribution is -0.122. The molecule has 3 aromatic rings. The normalized spacial score (nSPS) is 11.9. The molecular formula is C20H22N4O2. The summed E-state index contributed by atoms with van der Waals surface area (Å²) in [5, 5.41) is 5.75. The number of imidazole rings is 1. The van der Waals surface area contributed by atoms with Crippen molar-refractivity contribution < 1.29 is 9.59 Å². The van der Waals surface area contributed by atoms with Gasteiger partial charge in [-0.25, -0.2) is 4.98 Å². The van der Waals surface area contributed by atoms with Crippen LogP contribution in [0.3, 0.4) is 0 Å². The zero-order valence-electron chi connectivity index (χ0n) is 14.7. The molecule has 6 nitrogen and oxygen atoms in total. The number of aromatic nitrogens is 2. The molecule has 6 heteroatoms. The van der Waals surface area contributed by atoms with E-state index in [1.165, 1.54) is 6.92 Å². The van der Waals surface area contributed by atoms with Gasteiger partial charge >= 0.3 is 0 Å². The molecule has 2 heterocycles. The summed E-state index contributed by atoms with van der Waals surface area (Å²) in [6, 6.07) is 15.0. The molecule has 1 atom stereocenters. The Morgan fingerprint density at radius 2 is 1.88 bits per heavy atom. The Morgan fingerprint density at radius 1 is 1.12 bits per heavy atom. The molecule has 2 amide bonds. The van der Waals surface area contributed by atoms with Gasteiger partial charge in [-0.15, -0.1) is 0 Å². The molecular weight excluding hydrogens is 328 g/mol. The molecule has 2 N–H and O–H groups in total. The van der Waals surface area contributed by atoms with Crippen molar-refractivity contribution in [1.29, 1.82) is 0 Å². The summed E-state index contributed by atoms with van der Waals surface area (Å²) in [6.45, 7) is 1.96. The first-order valence-electron chi connectivity index (χ1n) is 8.63. The number of pyridine rings is 1. The monoisotopic (exact) mass is 350 g/mol. The smallest absolute Gasteiger partial charge is 0.222 e. The van der Waals surface area contributed by atoms with E-state index in [1.807, 2.05) is 65.3 Å². The predicted octanol–water partition coefficient (Wildman–Crippen LogP) is 2.26. The van der Waals surface area contributed by atoms with E-state index in [-0.39, 0.29) is 24.3 Å². The van der Waals surface area contributed by atoms with Gasteiger partial charge < -0.3 is 15.0 Å².